The second-order valence-electron chi connectivity index (χ2n) is 5.73. The largest absolute Gasteiger partial charge is 0.481 e. The molecule has 1 saturated heterocycles. The van der Waals surface area contributed by atoms with E-state index in [4.69, 9.17) is 5.11 Å². The van der Waals surface area contributed by atoms with Crippen LogP contribution in [0.1, 0.15) is 34.8 Å². The summed E-state index contributed by atoms with van der Waals surface area (Å²) < 4.78 is 0. The molecule has 1 aliphatic rings. The first kappa shape index (κ1) is 14.6. The van der Waals surface area contributed by atoms with Crippen LogP contribution in [-0.4, -0.2) is 35.0 Å². The maximum Gasteiger partial charge on any atom is 0.306 e. The summed E-state index contributed by atoms with van der Waals surface area (Å²) in [5.41, 5.74) is 2.71. The van der Waals surface area contributed by atoms with Crippen molar-refractivity contribution in [2.24, 2.45) is 11.8 Å². The van der Waals surface area contributed by atoms with Crippen LogP contribution in [0.5, 0.6) is 0 Å². The lowest BCUT2D eigenvalue weighted by molar-refractivity contribution is -0.145. The summed E-state index contributed by atoms with van der Waals surface area (Å²) >= 11 is 0. The van der Waals surface area contributed by atoms with Crippen molar-refractivity contribution in [3.63, 3.8) is 0 Å². The number of carbonyl (C=O) groups is 2. The zero-order chi connectivity index (χ0) is 14.9. The molecule has 0 aliphatic carbocycles. The summed E-state index contributed by atoms with van der Waals surface area (Å²) in [6.45, 7) is 6.82. The third-order valence-electron chi connectivity index (χ3n) is 4.20. The molecule has 0 radical (unpaired) electrons. The highest BCUT2D eigenvalue weighted by molar-refractivity contribution is 5.97. The highest BCUT2D eigenvalue weighted by Gasteiger charge is 2.33. The maximum atomic E-state index is 12.6. The molecular weight excluding hydrogens is 254 g/mol. The van der Waals surface area contributed by atoms with E-state index in [-0.39, 0.29) is 17.7 Å². The number of hydrogen-bond acceptors (Lipinski definition) is 2. The van der Waals surface area contributed by atoms with Gasteiger partial charge in [-0.3, -0.25) is 9.59 Å². The Morgan fingerprint density at radius 3 is 2.35 bits per heavy atom. The van der Waals surface area contributed by atoms with Crippen molar-refractivity contribution in [3.05, 3.63) is 34.9 Å². The minimum atomic E-state index is -0.753. The first-order chi connectivity index (χ1) is 9.41. The molecule has 1 N–H and O–H groups in total. The van der Waals surface area contributed by atoms with Gasteiger partial charge in [0.25, 0.3) is 5.91 Å². The first-order valence-corrected chi connectivity index (χ1v) is 7.00. The van der Waals surface area contributed by atoms with Crippen LogP contribution in [0.2, 0.25) is 0 Å². The summed E-state index contributed by atoms with van der Waals surface area (Å²) in [5.74, 6) is -1.07. The lowest BCUT2D eigenvalue weighted by Crippen LogP contribution is -2.45. The maximum absolute atomic E-state index is 12.6. The van der Waals surface area contributed by atoms with E-state index in [1.807, 2.05) is 39.0 Å². The second kappa shape index (κ2) is 5.65. The molecule has 108 valence electrons. The number of carboxylic acids is 1. The average Bonchev–Trinajstić information content (AvgIpc) is 2.37. The predicted molar refractivity (Wildman–Crippen MR) is 76.7 cm³/mol. The summed E-state index contributed by atoms with van der Waals surface area (Å²) in [7, 11) is 0. The molecule has 0 bridgehead atoms. The van der Waals surface area contributed by atoms with Gasteiger partial charge in [0.15, 0.2) is 0 Å². The standard InChI is InChI=1S/C16H21NO3/c1-10-5-4-6-11(2)14(10)15(18)17-8-7-13(16(19)20)12(3)9-17/h4-6,12-13H,7-9H2,1-3H3,(H,19,20). The van der Waals surface area contributed by atoms with Crippen LogP contribution in [-0.2, 0) is 4.79 Å². The van der Waals surface area contributed by atoms with Gasteiger partial charge in [0.1, 0.15) is 0 Å². The SMILES string of the molecule is Cc1cccc(C)c1C(=O)N1CCC(C(=O)O)C(C)C1. The molecule has 1 amide bonds. The fourth-order valence-electron chi connectivity index (χ4n) is 3.01. The van der Waals surface area contributed by atoms with Gasteiger partial charge in [0.2, 0.25) is 0 Å². The smallest absolute Gasteiger partial charge is 0.306 e. The normalized spacial score (nSPS) is 22.6. The summed E-state index contributed by atoms with van der Waals surface area (Å²) in [5, 5.41) is 9.14. The molecule has 0 aromatic heterocycles. The Hall–Kier alpha value is -1.84. The lowest BCUT2D eigenvalue weighted by Gasteiger charge is -2.35. The Morgan fingerprint density at radius 1 is 1.25 bits per heavy atom. The van der Waals surface area contributed by atoms with Gasteiger partial charge in [-0.15, -0.1) is 0 Å². The number of benzene rings is 1. The number of carboxylic acid groups (broad SMARTS) is 1. The van der Waals surface area contributed by atoms with Crippen LogP contribution in [0.3, 0.4) is 0 Å². The third kappa shape index (κ3) is 2.69. The number of likely N-dealkylation sites (tertiary alicyclic amines) is 1. The van der Waals surface area contributed by atoms with E-state index in [0.29, 0.717) is 19.5 Å². The van der Waals surface area contributed by atoms with E-state index in [1.54, 1.807) is 4.90 Å². The summed E-state index contributed by atoms with van der Waals surface area (Å²) in [4.78, 5) is 25.5. The van der Waals surface area contributed by atoms with Gasteiger partial charge in [0, 0.05) is 18.7 Å². The Labute approximate surface area is 119 Å². The number of aryl methyl sites for hydroxylation is 2. The molecule has 2 rings (SSSR count). The minimum absolute atomic E-state index is 0.00507. The topological polar surface area (TPSA) is 57.6 Å². The highest BCUT2D eigenvalue weighted by Crippen LogP contribution is 2.26. The summed E-state index contributed by atoms with van der Waals surface area (Å²) in [6.07, 6.45) is 0.535. The molecule has 1 fully saturated rings. The number of aliphatic carboxylic acids is 1. The average molecular weight is 275 g/mol. The van der Waals surface area contributed by atoms with E-state index >= 15 is 0 Å². The van der Waals surface area contributed by atoms with E-state index in [2.05, 4.69) is 0 Å². The van der Waals surface area contributed by atoms with Crippen molar-refractivity contribution in [2.75, 3.05) is 13.1 Å². The number of nitrogens with zero attached hydrogens (tertiary/aromatic N) is 1. The monoisotopic (exact) mass is 275 g/mol. The quantitative estimate of drug-likeness (QED) is 0.902. The van der Waals surface area contributed by atoms with Crippen molar-refractivity contribution < 1.29 is 14.7 Å². The minimum Gasteiger partial charge on any atom is -0.481 e. The fourth-order valence-corrected chi connectivity index (χ4v) is 3.01. The zero-order valence-corrected chi connectivity index (χ0v) is 12.2. The fraction of sp³-hybridized carbons (Fsp3) is 0.500. The van der Waals surface area contributed by atoms with Crippen LogP contribution in [0, 0.1) is 25.7 Å². The number of rotatable bonds is 2. The zero-order valence-electron chi connectivity index (χ0n) is 12.2. The molecule has 1 aromatic rings. The van der Waals surface area contributed by atoms with Crippen LogP contribution < -0.4 is 0 Å². The molecule has 2 unspecified atom stereocenters. The number of carbonyl (C=O) groups excluding carboxylic acids is 1. The van der Waals surface area contributed by atoms with Gasteiger partial charge in [-0.1, -0.05) is 25.1 Å². The van der Waals surface area contributed by atoms with Gasteiger partial charge in [-0.2, -0.15) is 0 Å². The molecule has 0 spiro atoms. The van der Waals surface area contributed by atoms with Crippen molar-refractivity contribution in [3.8, 4) is 0 Å². The van der Waals surface area contributed by atoms with E-state index in [9.17, 15) is 9.59 Å². The van der Waals surface area contributed by atoms with Crippen molar-refractivity contribution in [1.29, 1.82) is 0 Å². The molecule has 1 heterocycles. The molecule has 1 aromatic carbocycles. The van der Waals surface area contributed by atoms with Crippen molar-refractivity contribution >= 4 is 11.9 Å². The lowest BCUT2D eigenvalue weighted by atomic mass is 9.86. The summed E-state index contributed by atoms with van der Waals surface area (Å²) in [6, 6.07) is 5.82. The molecule has 4 nitrogen and oxygen atoms in total. The number of hydrogen-bond donors (Lipinski definition) is 1. The van der Waals surface area contributed by atoms with Gasteiger partial charge in [-0.25, -0.2) is 0 Å². The van der Waals surface area contributed by atoms with Crippen LogP contribution in [0.15, 0.2) is 18.2 Å². The van der Waals surface area contributed by atoms with Gasteiger partial charge >= 0.3 is 5.97 Å². The molecule has 1 aliphatic heterocycles. The van der Waals surface area contributed by atoms with Crippen LogP contribution in [0.25, 0.3) is 0 Å². The Balaban J connectivity index is 2.18. The predicted octanol–water partition coefficient (Wildman–Crippen LogP) is 2.49. The van der Waals surface area contributed by atoms with Gasteiger partial charge in [0.05, 0.1) is 5.92 Å². The van der Waals surface area contributed by atoms with E-state index in [1.165, 1.54) is 0 Å². The van der Waals surface area contributed by atoms with Gasteiger partial charge in [-0.05, 0) is 37.3 Å². The van der Waals surface area contributed by atoms with Crippen molar-refractivity contribution in [2.45, 2.75) is 27.2 Å². The second-order valence-corrected chi connectivity index (χ2v) is 5.73. The Morgan fingerprint density at radius 2 is 1.85 bits per heavy atom. The van der Waals surface area contributed by atoms with Gasteiger partial charge < -0.3 is 10.0 Å². The number of piperidine rings is 1. The first-order valence-electron chi connectivity index (χ1n) is 7.00. The Bertz CT molecular complexity index is 518. The molecular formula is C16H21NO3. The molecule has 0 saturated carbocycles. The molecule has 2 atom stereocenters. The third-order valence-corrected chi connectivity index (χ3v) is 4.20. The van der Waals surface area contributed by atoms with E-state index < -0.39 is 5.97 Å². The van der Waals surface area contributed by atoms with Crippen molar-refractivity contribution in [1.82, 2.24) is 4.90 Å². The van der Waals surface area contributed by atoms with Crippen LogP contribution >= 0.6 is 0 Å². The van der Waals surface area contributed by atoms with E-state index in [0.717, 1.165) is 16.7 Å². The molecule has 4 heteroatoms. The number of amides is 1. The highest BCUT2D eigenvalue weighted by atomic mass is 16.4. The Kier molecular flexibility index (Phi) is 4.12. The van der Waals surface area contributed by atoms with Crippen LogP contribution in [0.4, 0.5) is 0 Å². The molecule has 20 heavy (non-hydrogen) atoms.